The van der Waals surface area contributed by atoms with Crippen LogP contribution in [-0.4, -0.2) is 37.5 Å². The number of halogens is 2. The summed E-state index contributed by atoms with van der Waals surface area (Å²) in [7, 11) is 3.32. The predicted molar refractivity (Wildman–Crippen MR) is 120 cm³/mol. The fraction of sp³-hybridized carbons (Fsp3) is 0.278. The molecule has 0 spiro atoms. The number of thioether (sulfide) groups is 1. The minimum Gasteiger partial charge on any atom is -0.508 e. The summed E-state index contributed by atoms with van der Waals surface area (Å²) in [5, 5.41) is 17.1. The molecule has 2 rings (SSSR count). The van der Waals surface area contributed by atoms with Crippen LogP contribution in [0, 0.1) is 0 Å². The van der Waals surface area contributed by atoms with Gasteiger partial charge < -0.3 is 20.5 Å². The zero-order chi connectivity index (χ0) is 18.1. The van der Waals surface area contributed by atoms with Crippen molar-refractivity contribution in [1.29, 1.82) is 0 Å². The minimum absolute atomic E-state index is 0. The largest absolute Gasteiger partial charge is 0.508 e. The minimum atomic E-state index is 0. The molecule has 0 heterocycles. The summed E-state index contributed by atoms with van der Waals surface area (Å²) >= 11 is 7.62. The molecule has 0 fully saturated rings. The standard InChI is InChI=1S/C18H22ClN3O2S.HI/c1-20-18(21-9-10-25-16-6-3-14(19)4-7-16)22-12-13-11-15(24-2)5-8-17(13)23;/h3-8,11,23H,9-10,12H2,1-2H3,(H2,20,21,22);1H. The molecule has 5 nitrogen and oxygen atoms in total. The van der Waals surface area contributed by atoms with Crippen molar-refractivity contribution < 1.29 is 9.84 Å². The molecule has 0 atom stereocenters. The van der Waals surface area contributed by atoms with Gasteiger partial charge in [0, 0.05) is 41.4 Å². The van der Waals surface area contributed by atoms with E-state index >= 15 is 0 Å². The molecule has 2 aromatic carbocycles. The van der Waals surface area contributed by atoms with Gasteiger partial charge in [0.15, 0.2) is 5.96 Å². The molecule has 0 unspecified atom stereocenters. The number of aliphatic imine (C=N–C) groups is 1. The first-order valence-corrected chi connectivity index (χ1v) is 9.17. The van der Waals surface area contributed by atoms with E-state index in [1.54, 1.807) is 44.1 Å². The van der Waals surface area contributed by atoms with Crippen molar-refractivity contribution in [2.45, 2.75) is 11.4 Å². The molecule has 0 aliphatic heterocycles. The maximum absolute atomic E-state index is 9.91. The number of phenols is 1. The summed E-state index contributed by atoms with van der Waals surface area (Å²) in [6.45, 7) is 1.21. The van der Waals surface area contributed by atoms with E-state index in [1.165, 1.54) is 4.90 Å². The third-order valence-corrected chi connectivity index (χ3v) is 4.70. The van der Waals surface area contributed by atoms with Crippen molar-refractivity contribution in [2.24, 2.45) is 4.99 Å². The average Bonchev–Trinajstić information content (AvgIpc) is 2.64. The topological polar surface area (TPSA) is 65.9 Å². The summed E-state index contributed by atoms with van der Waals surface area (Å²) in [6.07, 6.45) is 0. The number of guanidine groups is 1. The number of nitrogens with one attached hydrogen (secondary N) is 2. The van der Waals surface area contributed by atoms with Gasteiger partial charge >= 0.3 is 0 Å². The van der Waals surface area contributed by atoms with E-state index < -0.39 is 0 Å². The summed E-state index contributed by atoms with van der Waals surface area (Å²) in [5.41, 5.74) is 0.748. The van der Waals surface area contributed by atoms with Gasteiger partial charge in [-0.2, -0.15) is 0 Å². The van der Waals surface area contributed by atoms with Gasteiger partial charge in [0.2, 0.25) is 0 Å². The Bertz CT molecular complexity index is 714. The van der Waals surface area contributed by atoms with Crippen LogP contribution in [0.25, 0.3) is 0 Å². The van der Waals surface area contributed by atoms with Gasteiger partial charge in [-0.15, -0.1) is 35.7 Å². The molecule has 0 radical (unpaired) electrons. The Balaban J connectivity index is 0.00000338. The van der Waals surface area contributed by atoms with Gasteiger partial charge in [-0.05, 0) is 42.5 Å². The number of nitrogens with zero attached hydrogens (tertiary/aromatic N) is 1. The number of rotatable bonds is 7. The van der Waals surface area contributed by atoms with Crippen molar-refractivity contribution in [3.05, 3.63) is 53.1 Å². The second-order valence-corrected chi connectivity index (χ2v) is 6.75. The first-order chi connectivity index (χ1) is 12.1. The Hall–Kier alpha value is -1.32. The van der Waals surface area contributed by atoms with Gasteiger partial charge in [0.25, 0.3) is 0 Å². The molecule has 8 heteroatoms. The van der Waals surface area contributed by atoms with Gasteiger partial charge in [-0.3, -0.25) is 4.99 Å². The maximum Gasteiger partial charge on any atom is 0.191 e. The van der Waals surface area contributed by atoms with Crippen molar-refractivity contribution >= 4 is 53.3 Å². The molecule has 0 saturated heterocycles. The van der Waals surface area contributed by atoms with Crippen LogP contribution in [0.4, 0.5) is 0 Å². The number of phenolic OH excluding ortho intramolecular Hbond substituents is 1. The van der Waals surface area contributed by atoms with Crippen LogP contribution in [-0.2, 0) is 6.54 Å². The highest BCUT2D eigenvalue weighted by atomic mass is 127. The van der Waals surface area contributed by atoms with Crippen LogP contribution in [0.1, 0.15) is 5.56 Å². The molecule has 3 N–H and O–H groups in total. The van der Waals surface area contributed by atoms with Crippen LogP contribution >= 0.6 is 47.3 Å². The quantitative estimate of drug-likeness (QED) is 0.173. The van der Waals surface area contributed by atoms with E-state index in [0.717, 1.165) is 22.9 Å². The third kappa shape index (κ3) is 7.51. The first-order valence-electron chi connectivity index (χ1n) is 7.81. The monoisotopic (exact) mass is 507 g/mol. The van der Waals surface area contributed by atoms with Crippen molar-refractivity contribution in [3.8, 4) is 11.5 Å². The number of aromatic hydroxyl groups is 1. The molecule has 142 valence electrons. The number of methoxy groups -OCH3 is 1. The van der Waals surface area contributed by atoms with Crippen LogP contribution in [0.5, 0.6) is 11.5 Å². The molecule has 0 amide bonds. The van der Waals surface area contributed by atoms with E-state index in [9.17, 15) is 5.11 Å². The normalized spacial score (nSPS) is 10.8. The van der Waals surface area contributed by atoms with Crippen LogP contribution < -0.4 is 15.4 Å². The van der Waals surface area contributed by atoms with E-state index in [2.05, 4.69) is 15.6 Å². The van der Waals surface area contributed by atoms with Gasteiger partial charge in [0.1, 0.15) is 11.5 Å². The SMILES string of the molecule is CN=C(NCCSc1ccc(Cl)cc1)NCc1cc(OC)ccc1O.I. The summed E-state index contributed by atoms with van der Waals surface area (Å²) in [6, 6.07) is 12.9. The van der Waals surface area contributed by atoms with Gasteiger partial charge in [-0.25, -0.2) is 0 Å². The predicted octanol–water partition coefficient (Wildman–Crippen LogP) is 4.13. The Labute approximate surface area is 180 Å². The lowest BCUT2D eigenvalue weighted by Gasteiger charge is -2.13. The smallest absolute Gasteiger partial charge is 0.191 e. The molecule has 26 heavy (non-hydrogen) atoms. The Kier molecular flexibility index (Phi) is 10.6. The van der Waals surface area contributed by atoms with E-state index in [0.29, 0.717) is 18.3 Å². The zero-order valence-corrected chi connectivity index (χ0v) is 18.6. The molecule has 0 bridgehead atoms. The molecule has 0 aliphatic carbocycles. The van der Waals surface area contributed by atoms with Crippen molar-refractivity contribution in [1.82, 2.24) is 10.6 Å². The van der Waals surface area contributed by atoms with Gasteiger partial charge in [-0.1, -0.05) is 11.6 Å². The highest BCUT2D eigenvalue weighted by Crippen LogP contribution is 2.22. The fourth-order valence-electron chi connectivity index (χ4n) is 2.10. The van der Waals surface area contributed by atoms with Crippen LogP contribution in [0.15, 0.2) is 52.4 Å². The first kappa shape index (κ1) is 22.7. The van der Waals surface area contributed by atoms with Crippen molar-refractivity contribution in [2.75, 3.05) is 26.5 Å². The lowest BCUT2D eigenvalue weighted by Crippen LogP contribution is -2.37. The van der Waals surface area contributed by atoms with E-state index in [-0.39, 0.29) is 29.7 Å². The second-order valence-electron chi connectivity index (χ2n) is 5.15. The van der Waals surface area contributed by atoms with E-state index in [4.69, 9.17) is 16.3 Å². The summed E-state index contributed by atoms with van der Waals surface area (Å²) in [4.78, 5) is 5.36. The van der Waals surface area contributed by atoms with Crippen LogP contribution in [0.3, 0.4) is 0 Å². The van der Waals surface area contributed by atoms with Crippen molar-refractivity contribution in [3.63, 3.8) is 0 Å². The molecule has 0 aromatic heterocycles. The molecule has 2 aromatic rings. The highest BCUT2D eigenvalue weighted by Gasteiger charge is 2.05. The maximum atomic E-state index is 9.91. The lowest BCUT2D eigenvalue weighted by molar-refractivity contribution is 0.410. The van der Waals surface area contributed by atoms with Crippen LogP contribution in [0.2, 0.25) is 5.02 Å². The number of benzene rings is 2. The Morgan fingerprint density at radius 1 is 1.19 bits per heavy atom. The molecular formula is C18H23ClIN3O2S. The summed E-state index contributed by atoms with van der Waals surface area (Å²) in [5.74, 6) is 2.50. The molecular weight excluding hydrogens is 485 g/mol. The molecule has 0 aliphatic rings. The number of hydrogen-bond acceptors (Lipinski definition) is 4. The fourth-order valence-corrected chi connectivity index (χ4v) is 2.99. The average molecular weight is 508 g/mol. The number of ether oxygens (including phenoxy) is 1. The van der Waals surface area contributed by atoms with Gasteiger partial charge in [0.05, 0.1) is 7.11 Å². The second kappa shape index (κ2) is 12.1. The zero-order valence-electron chi connectivity index (χ0n) is 14.7. The Morgan fingerprint density at radius 3 is 2.58 bits per heavy atom. The number of hydrogen-bond donors (Lipinski definition) is 3. The summed E-state index contributed by atoms with van der Waals surface area (Å²) < 4.78 is 5.18. The lowest BCUT2D eigenvalue weighted by atomic mass is 10.2. The highest BCUT2D eigenvalue weighted by molar-refractivity contribution is 14.0. The van der Waals surface area contributed by atoms with E-state index in [1.807, 2.05) is 24.3 Å². The third-order valence-electron chi connectivity index (χ3n) is 3.43. The molecule has 0 saturated carbocycles. The Morgan fingerprint density at radius 2 is 1.92 bits per heavy atom.